The first-order chi connectivity index (χ1) is 16.0. The van der Waals surface area contributed by atoms with Gasteiger partial charge in [0.2, 0.25) is 0 Å². The molecule has 7 nitrogen and oxygen atoms in total. The van der Waals surface area contributed by atoms with Crippen molar-refractivity contribution in [3.63, 3.8) is 0 Å². The van der Waals surface area contributed by atoms with E-state index in [1.807, 2.05) is 54.6 Å². The molecule has 2 aliphatic rings. The number of nitrogen functional groups attached to an aromatic ring is 1. The van der Waals surface area contributed by atoms with Gasteiger partial charge in [0, 0.05) is 11.3 Å². The van der Waals surface area contributed by atoms with Gasteiger partial charge in [-0.1, -0.05) is 24.3 Å². The quantitative estimate of drug-likeness (QED) is 0.305. The van der Waals surface area contributed by atoms with Crippen molar-refractivity contribution in [2.75, 3.05) is 24.6 Å². The van der Waals surface area contributed by atoms with Crippen LogP contribution in [0.5, 0.6) is 5.75 Å². The lowest BCUT2D eigenvalue weighted by Gasteiger charge is -2.26. The highest BCUT2D eigenvalue weighted by atomic mass is 35.5. The average molecular weight is 517 g/mol. The molecule has 0 radical (unpaired) electrons. The number of carbonyl (C=O) groups excluding carboxylic acids is 1. The van der Waals surface area contributed by atoms with Crippen LogP contribution in [0.15, 0.2) is 54.6 Å². The van der Waals surface area contributed by atoms with E-state index in [1.165, 1.54) is 0 Å². The predicted molar refractivity (Wildman–Crippen MR) is 143 cm³/mol. The van der Waals surface area contributed by atoms with E-state index in [1.54, 1.807) is 4.90 Å². The van der Waals surface area contributed by atoms with Crippen LogP contribution < -0.4 is 20.7 Å². The third-order valence-corrected chi connectivity index (χ3v) is 6.59. The van der Waals surface area contributed by atoms with Crippen LogP contribution in [0.1, 0.15) is 35.6 Å². The van der Waals surface area contributed by atoms with Gasteiger partial charge in [-0.2, -0.15) is 0 Å². The van der Waals surface area contributed by atoms with Gasteiger partial charge in [0.15, 0.2) is 0 Å². The largest absolute Gasteiger partial charge is 0.490 e. The van der Waals surface area contributed by atoms with Gasteiger partial charge in [0.05, 0.1) is 6.04 Å². The average Bonchev–Trinajstić information content (AvgIpc) is 3.22. The molecule has 3 aromatic carbocycles. The smallest absolute Gasteiger partial charge is 0.253 e. The van der Waals surface area contributed by atoms with Crippen LogP contribution in [-0.2, 0) is 11.2 Å². The Morgan fingerprint density at radius 3 is 2.51 bits per heavy atom. The Morgan fingerprint density at radius 2 is 1.80 bits per heavy atom. The number of nitrogens with one attached hydrogen (secondary N) is 2. The van der Waals surface area contributed by atoms with Crippen molar-refractivity contribution in [3.05, 3.63) is 71.3 Å². The van der Waals surface area contributed by atoms with Crippen LogP contribution in [-0.4, -0.2) is 42.6 Å². The van der Waals surface area contributed by atoms with E-state index in [0.717, 1.165) is 59.3 Å². The van der Waals surface area contributed by atoms with E-state index >= 15 is 0 Å². The molecule has 0 saturated carbocycles. The summed E-state index contributed by atoms with van der Waals surface area (Å²) in [5.74, 6) is 0.514. The number of carbonyl (C=O) groups is 1. The van der Waals surface area contributed by atoms with Gasteiger partial charge < -0.3 is 25.8 Å². The number of amides is 1. The maximum Gasteiger partial charge on any atom is 0.253 e. The van der Waals surface area contributed by atoms with E-state index in [9.17, 15) is 9.90 Å². The Labute approximate surface area is 217 Å². The van der Waals surface area contributed by atoms with Crippen molar-refractivity contribution >= 4 is 53.0 Å². The Balaban J connectivity index is 0.00000171. The van der Waals surface area contributed by atoms with Gasteiger partial charge in [-0.25, -0.2) is 0 Å². The fraction of sp³-hybridized carbons (Fsp3) is 0.308. The van der Waals surface area contributed by atoms with Crippen LogP contribution >= 0.6 is 24.8 Å². The van der Waals surface area contributed by atoms with Gasteiger partial charge in [-0.15, -0.1) is 24.8 Å². The first-order valence-corrected chi connectivity index (χ1v) is 11.3. The summed E-state index contributed by atoms with van der Waals surface area (Å²) in [6.07, 6.45) is 2.80. The number of anilines is 1. The standard InChI is InChI=1S/C26H28N4O3.2ClH/c27-26(28)18-4-2-16-1-3-17(11-19(16)12-18)24-14-20-13-22(33-21-7-9-29-10-8-21)5-6-23(20)30(24)25(32)15-31;;/h1-6,11-13,21,24,29,31H,7-10,14-15H2,(H3,27,28);2*1H/t24-;;/m1../s1. The van der Waals surface area contributed by atoms with Crippen LogP contribution in [0.4, 0.5) is 5.69 Å². The maximum absolute atomic E-state index is 12.8. The third-order valence-electron chi connectivity index (χ3n) is 6.59. The van der Waals surface area contributed by atoms with Gasteiger partial charge in [0.1, 0.15) is 24.3 Å². The number of aliphatic hydroxyl groups is 1. The summed E-state index contributed by atoms with van der Waals surface area (Å²) in [6, 6.07) is 17.4. The molecule has 9 heteroatoms. The molecule has 0 spiro atoms. The lowest BCUT2D eigenvalue weighted by molar-refractivity contribution is -0.121. The van der Waals surface area contributed by atoms with Crippen molar-refractivity contribution in [1.82, 2.24) is 5.32 Å². The number of hydrogen-bond donors (Lipinski definition) is 4. The van der Waals surface area contributed by atoms with E-state index in [2.05, 4.69) is 5.32 Å². The number of fused-ring (bicyclic) bond motifs is 2. The molecular formula is C26H30Cl2N4O3. The fourth-order valence-corrected chi connectivity index (χ4v) is 4.90. The molecule has 5 N–H and O–H groups in total. The minimum Gasteiger partial charge on any atom is -0.490 e. The maximum atomic E-state index is 12.8. The zero-order chi connectivity index (χ0) is 22.9. The second-order valence-corrected chi connectivity index (χ2v) is 8.73. The lowest BCUT2D eigenvalue weighted by atomic mass is 9.97. The zero-order valence-electron chi connectivity index (χ0n) is 19.2. The third kappa shape index (κ3) is 5.38. The number of nitrogens with two attached hydrogens (primary N) is 1. The first-order valence-electron chi connectivity index (χ1n) is 11.3. The van der Waals surface area contributed by atoms with E-state index < -0.39 is 6.61 Å². The van der Waals surface area contributed by atoms with Crippen molar-refractivity contribution in [1.29, 1.82) is 5.41 Å². The van der Waals surface area contributed by atoms with E-state index in [0.29, 0.717) is 12.0 Å². The van der Waals surface area contributed by atoms with Crippen LogP contribution in [0.3, 0.4) is 0 Å². The van der Waals surface area contributed by atoms with Crippen molar-refractivity contribution in [2.24, 2.45) is 5.73 Å². The fourth-order valence-electron chi connectivity index (χ4n) is 4.90. The molecule has 186 valence electrons. The molecule has 1 atom stereocenters. The highest BCUT2D eigenvalue weighted by Gasteiger charge is 2.35. The van der Waals surface area contributed by atoms with Gasteiger partial charge in [-0.05, 0) is 84.6 Å². The minimum atomic E-state index is -0.550. The first kappa shape index (κ1) is 26.8. The van der Waals surface area contributed by atoms with Crippen LogP contribution in [0, 0.1) is 5.41 Å². The molecule has 2 heterocycles. The van der Waals surface area contributed by atoms with E-state index in [4.69, 9.17) is 15.9 Å². The summed E-state index contributed by atoms with van der Waals surface area (Å²) in [4.78, 5) is 14.5. The highest BCUT2D eigenvalue weighted by Crippen LogP contribution is 2.42. The van der Waals surface area contributed by atoms with E-state index in [-0.39, 0.29) is 48.7 Å². The summed E-state index contributed by atoms with van der Waals surface area (Å²) in [7, 11) is 0. The molecule has 2 aliphatic heterocycles. The lowest BCUT2D eigenvalue weighted by Crippen LogP contribution is -2.34. The number of halogens is 2. The normalized spacial score (nSPS) is 17.3. The minimum absolute atomic E-state index is 0. The van der Waals surface area contributed by atoms with Crippen molar-refractivity contribution in [2.45, 2.75) is 31.4 Å². The topological polar surface area (TPSA) is 112 Å². The number of aliphatic hydroxyl groups excluding tert-OH is 1. The molecule has 0 bridgehead atoms. The molecule has 5 rings (SSSR count). The number of benzene rings is 3. The number of hydrogen-bond acceptors (Lipinski definition) is 5. The second-order valence-electron chi connectivity index (χ2n) is 8.73. The molecule has 1 amide bonds. The number of amidine groups is 1. The molecule has 3 aromatic rings. The second kappa shape index (κ2) is 11.3. The SMILES string of the molecule is Cl.Cl.N=C(N)c1ccc2ccc([C@H]3Cc4cc(OC5CCNCC5)ccc4N3C(=O)CO)cc2c1. The molecule has 0 aromatic heterocycles. The molecule has 0 aliphatic carbocycles. The molecular weight excluding hydrogens is 487 g/mol. The number of nitrogens with zero attached hydrogens (tertiary/aromatic N) is 1. The molecule has 35 heavy (non-hydrogen) atoms. The van der Waals surface area contributed by atoms with Crippen LogP contribution in [0.25, 0.3) is 10.8 Å². The Hall–Kier alpha value is -2.84. The summed E-state index contributed by atoms with van der Waals surface area (Å²) in [5.41, 5.74) is 9.16. The Kier molecular flexibility index (Phi) is 8.61. The van der Waals surface area contributed by atoms with Crippen molar-refractivity contribution < 1.29 is 14.6 Å². The van der Waals surface area contributed by atoms with Gasteiger partial charge in [0.25, 0.3) is 5.91 Å². The molecule has 1 fully saturated rings. The van der Waals surface area contributed by atoms with Crippen molar-refractivity contribution in [3.8, 4) is 5.75 Å². The molecule has 1 saturated heterocycles. The number of ether oxygens (including phenoxy) is 1. The Morgan fingerprint density at radius 1 is 1.06 bits per heavy atom. The predicted octanol–water partition coefficient (Wildman–Crippen LogP) is 3.72. The summed E-state index contributed by atoms with van der Waals surface area (Å²) < 4.78 is 6.21. The zero-order valence-corrected chi connectivity index (χ0v) is 20.8. The summed E-state index contributed by atoms with van der Waals surface area (Å²) in [6.45, 7) is 1.37. The number of piperidine rings is 1. The Bertz CT molecular complexity index is 1230. The molecule has 0 unspecified atom stereocenters. The van der Waals surface area contributed by atoms with Crippen LogP contribution in [0.2, 0.25) is 0 Å². The van der Waals surface area contributed by atoms with Gasteiger partial charge >= 0.3 is 0 Å². The highest BCUT2D eigenvalue weighted by molar-refractivity contribution is 6.00. The summed E-state index contributed by atoms with van der Waals surface area (Å²) >= 11 is 0. The number of rotatable bonds is 5. The van der Waals surface area contributed by atoms with Gasteiger partial charge in [-0.3, -0.25) is 10.2 Å². The monoisotopic (exact) mass is 516 g/mol. The summed E-state index contributed by atoms with van der Waals surface area (Å²) in [5, 5.41) is 22.7.